The summed E-state index contributed by atoms with van der Waals surface area (Å²) in [6, 6.07) is 0.652. The van der Waals surface area contributed by atoms with E-state index in [4.69, 9.17) is 0 Å². The first-order valence-electron chi connectivity index (χ1n) is 7.35. The van der Waals surface area contributed by atoms with E-state index in [0.29, 0.717) is 25.2 Å². The van der Waals surface area contributed by atoms with Crippen LogP contribution in [0.15, 0.2) is 0 Å². The van der Waals surface area contributed by atoms with Crippen molar-refractivity contribution in [2.45, 2.75) is 51.7 Å². The van der Waals surface area contributed by atoms with Gasteiger partial charge < -0.3 is 15.5 Å². The quantitative estimate of drug-likeness (QED) is 0.728. The maximum absolute atomic E-state index is 12.1. The van der Waals surface area contributed by atoms with Gasteiger partial charge in [0.25, 0.3) is 0 Å². The smallest absolute Gasteiger partial charge is 0.316 e. The number of likely N-dealkylation sites (tertiary alicyclic amines) is 1. The highest BCUT2D eigenvalue weighted by atomic mass is 16.2. The Morgan fingerprint density at radius 1 is 1.15 bits per heavy atom. The number of urea groups is 1. The van der Waals surface area contributed by atoms with Crippen LogP contribution >= 0.6 is 0 Å². The Bertz CT molecular complexity index is 336. The molecule has 1 rings (SSSR count). The number of rotatable bonds is 5. The monoisotopic (exact) mass is 284 g/mol. The van der Waals surface area contributed by atoms with Crippen LogP contribution < -0.4 is 10.6 Å². The summed E-state index contributed by atoms with van der Waals surface area (Å²) in [4.78, 5) is 27.2. The van der Waals surface area contributed by atoms with Crippen molar-refractivity contribution in [1.29, 1.82) is 0 Å². The third-order valence-electron chi connectivity index (χ3n) is 3.95. The van der Waals surface area contributed by atoms with Crippen molar-refractivity contribution < 1.29 is 9.59 Å². The van der Waals surface area contributed by atoms with Gasteiger partial charge in [0.2, 0.25) is 5.91 Å². The average molecular weight is 284 g/mol. The first kappa shape index (κ1) is 16.8. The summed E-state index contributed by atoms with van der Waals surface area (Å²) >= 11 is 0. The molecule has 20 heavy (non-hydrogen) atoms. The molecule has 6 heteroatoms. The van der Waals surface area contributed by atoms with Gasteiger partial charge in [0, 0.05) is 39.3 Å². The molecule has 1 heterocycles. The Morgan fingerprint density at radius 3 is 2.15 bits per heavy atom. The highest BCUT2D eigenvalue weighted by molar-refractivity contribution is 5.81. The second kappa shape index (κ2) is 7.47. The molecule has 0 aromatic rings. The Kier molecular flexibility index (Phi) is 6.26. The highest BCUT2D eigenvalue weighted by Crippen LogP contribution is 2.25. The van der Waals surface area contributed by atoms with Crippen molar-refractivity contribution >= 4 is 11.9 Å². The van der Waals surface area contributed by atoms with Gasteiger partial charge in [-0.1, -0.05) is 0 Å². The zero-order valence-electron chi connectivity index (χ0n) is 13.3. The largest absolute Gasteiger partial charge is 0.353 e. The van der Waals surface area contributed by atoms with Gasteiger partial charge in [-0.2, -0.15) is 0 Å². The lowest BCUT2D eigenvalue weighted by molar-refractivity contribution is -0.126. The zero-order chi connectivity index (χ0) is 15.3. The van der Waals surface area contributed by atoms with E-state index in [1.165, 1.54) is 4.90 Å². The second-order valence-electron chi connectivity index (χ2n) is 5.82. The first-order chi connectivity index (χ1) is 9.34. The molecule has 2 N–H and O–H groups in total. The van der Waals surface area contributed by atoms with E-state index in [1.807, 2.05) is 6.92 Å². The Morgan fingerprint density at radius 2 is 1.65 bits per heavy atom. The molecule has 116 valence electrons. The van der Waals surface area contributed by atoms with E-state index in [0.717, 1.165) is 12.8 Å². The lowest BCUT2D eigenvalue weighted by atomic mass is 10.2. The standard InChI is InChI=1S/C14H28N4O2/c1-10-6-7-11(2)18(10)12(3)13(19)15-8-9-16-14(20)17(4)5/h10-12H,6-9H2,1-5H3,(H,15,19)(H,16,20)/t10-,11-,12+/m1/s1. The Hall–Kier alpha value is -1.30. The van der Waals surface area contributed by atoms with Gasteiger partial charge in [0.15, 0.2) is 0 Å². The summed E-state index contributed by atoms with van der Waals surface area (Å²) in [5.41, 5.74) is 0. The molecule has 1 aliphatic rings. The lowest BCUT2D eigenvalue weighted by Crippen LogP contribution is -2.50. The number of nitrogens with one attached hydrogen (secondary N) is 2. The van der Waals surface area contributed by atoms with E-state index >= 15 is 0 Å². The lowest BCUT2D eigenvalue weighted by Gasteiger charge is -2.31. The van der Waals surface area contributed by atoms with E-state index in [1.54, 1.807) is 14.1 Å². The van der Waals surface area contributed by atoms with Crippen molar-refractivity contribution in [1.82, 2.24) is 20.4 Å². The number of carbonyl (C=O) groups excluding carboxylic acids is 2. The summed E-state index contributed by atoms with van der Waals surface area (Å²) in [6.45, 7) is 7.20. The molecule has 0 aromatic carbocycles. The summed E-state index contributed by atoms with van der Waals surface area (Å²) in [6.07, 6.45) is 2.30. The predicted octanol–water partition coefficient (Wildman–Crippen LogP) is 0.635. The van der Waals surface area contributed by atoms with Gasteiger partial charge in [-0.3, -0.25) is 9.69 Å². The van der Waals surface area contributed by atoms with Crippen LogP contribution in [-0.4, -0.2) is 67.0 Å². The Balaban J connectivity index is 2.30. The fourth-order valence-electron chi connectivity index (χ4n) is 2.77. The molecule has 3 atom stereocenters. The summed E-state index contributed by atoms with van der Waals surface area (Å²) in [5, 5.41) is 5.60. The van der Waals surface area contributed by atoms with Gasteiger partial charge in [-0.15, -0.1) is 0 Å². The molecular formula is C14H28N4O2. The van der Waals surface area contributed by atoms with Crippen LogP contribution in [0.2, 0.25) is 0 Å². The van der Waals surface area contributed by atoms with Crippen LogP contribution in [0.3, 0.4) is 0 Å². The van der Waals surface area contributed by atoms with Crippen LogP contribution in [0.1, 0.15) is 33.6 Å². The molecule has 1 fully saturated rings. The molecule has 0 unspecified atom stereocenters. The maximum Gasteiger partial charge on any atom is 0.316 e. The van der Waals surface area contributed by atoms with Gasteiger partial charge in [-0.25, -0.2) is 4.79 Å². The fraction of sp³-hybridized carbons (Fsp3) is 0.857. The molecule has 0 aliphatic carbocycles. The molecule has 0 spiro atoms. The Labute approximate surface area is 121 Å². The van der Waals surface area contributed by atoms with Gasteiger partial charge in [-0.05, 0) is 33.6 Å². The van der Waals surface area contributed by atoms with Gasteiger partial charge in [0.1, 0.15) is 0 Å². The topological polar surface area (TPSA) is 64.7 Å². The fourth-order valence-corrected chi connectivity index (χ4v) is 2.77. The van der Waals surface area contributed by atoms with E-state index in [2.05, 4.69) is 29.4 Å². The molecule has 1 aliphatic heterocycles. The predicted molar refractivity (Wildman–Crippen MR) is 79.6 cm³/mol. The molecule has 3 amide bonds. The highest BCUT2D eigenvalue weighted by Gasteiger charge is 2.34. The van der Waals surface area contributed by atoms with Gasteiger partial charge >= 0.3 is 6.03 Å². The summed E-state index contributed by atoms with van der Waals surface area (Å²) < 4.78 is 0. The molecule has 0 radical (unpaired) electrons. The third kappa shape index (κ3) is 4.37. The molecule has 0 bridgehead atoms. The molecule has 6 nitrogen and oxygen atoms in total. The molecular weight excluding hydrogens is 256 g/mol. The molecule has 0 aromatic heterocycles. The van der Waals surface area contributed by atoms with Gasteiger partial charge in [0.05, 0.1) is 6.04 Å². The third-order valence-corrected chi connectivity index (χ3v) is 3.95. The van der Waals surface area contributed by atoms with Crippen molar-refractivity contribution in [2.75, 3.05) is 27.2 Å². The zero-order valence-corrected chi connectivity index (χ0v) is 13.3. The maximum atomic E-state index is 12.1. The second-order valence-corrected chi connectivity index (χ2v) is 5.82. The van der Waals surface area contributed by atoms with E-state index in [-0.39, 0.29) is 18.0 Å². The van der Waals surface area contributed by atoms with E-state index in [9.17, 15) is 9.59 Å². The van der Waals surface area contributed by atoms with Crippen LogP contribution in [0.25, 0.3) is 0 Å². The van der Waals surface area contributed by atoms with Crippen LogP contribution in [-0.2, 0) is 4.79 Å². The number of carbonyl (C=O) groups is 2. The summed E-state index contributed by atoms with van der Waals surface area (Å²) in [7, 11) is 3.37. The molecule has 0 saturated carbocycles. The number of amides is 3. The summed E-state index contributed by atoms with van der Waals surface area (Å²) in [5.74, 6) is 0.0321. The number of nitrogens with zero attached hydrogens (tertiary/aromatic N) is 2. The van der Waals surface area contributed by atoms with Crippen molar-refractivity contribution in [3.63, 3.8) is 0 Å². The normalized spacial score (nSPS) is 24.2. The van der Waals surface area contributed by atoms with Crippen molar-refractivity contribution in [3.05, 3.63) is 0 Å². The van der Waals surface area contributed by atoms with Crippen molar-refractivity contribution in [3.8, 4) is 0 Å². The average Bonchev–Trinajstić information content (AvgIpc) is 2.72. The van der Waals surface area contributed by atoms with Crippen molar-refractivity contribution in [2.24, 2.45) is 0 Å². The van der Waals surface area contributed by atoms with Crippen LogP contribution in [0, 0.1) is 0 Å². The minimum Gasteiger partial charge on any atom is -0.353 e. The van der Waals surface area contributed by atoms with Crippen LogP contribution in [0.4, 0.5) is 4.79 Å². The molecule has 1 saturated heterocycles. The SMILES string of the molecule is C[C@@H]1CC[C@@H](C)N1[C@@H](C)C(=O)NCCNC(=O)N(C)C. The number of hydrogen-bond donors (Lipinski definition) is 2. The number of hydrogen-bond acceptors (Lipinski definition) is 3. The van der Waals surface area contributed by atoms with Crippen LogP contribution in [0.5, 0.6) is 0 Å². The minimum atomic E-state index is -0.144. The minimum absolute atomic E-state index is 0.0321. The van der Waals surface area contributed by atoms with E-state index < -0.39 is 0 Å². The first-order valence-corrected chi connectivity index (χ1v) is 7.35.